The van der Waals surface area contributed by atoms with E-state index < -0.39 is 5.82 Å². The number of amides is 1. The molecule has 1 aliphatic rings. The molecule has 24 heavy (non-hydrogen) atoms. The molecule has 6 heteroatoms. The first kappa shape index (κ1) is 16.9. The molecule has 1 fully saturated rings. The minimum absolute atomic E-state index is 0.0453. The largest absolute Gasteiger partial charge is 0.342 e. The van der Waals surface area contributed by atoms with Gasteiger partial charge in [-0.3, -0.25) is 9.78 Å². The number of halogens is 2. The van der Waals surface area contributed by atoms with Gasteiger partial charge in [0.05, 0.1) is 6.42 Å². The van der Waals surface area contributed by atoms with Gasteiger partial charge in [-0.05, 0) is 36.2 Å². The van der Waals surface area contributed by atoms with Crippen LogP contribution in [-0.2, 0) is 11.2 Å². The molecule has 0 aliphatic carbocycles. The minimum Gasteiger partial charge on any atom is -0.342 e. The Balaban J connectivity index is 1.64. The van der Waals surface area contributed by atoms with Crippen molar-refractivity contribution in [1.29, 1.82) is 0 Å². The summed E-state index contributed by atoms with van der Waals surface area (Å²) in [5.74, 6) is -0.0619. The van der Waals surface area contributed by atoms with Crippen molar-refractivity contribution in [2.75, 3.05) is 18.8 Å². The molecular formula is C18H18F2N2OS. The molecule has 3 nitrogen and oxygen atoms in total. The minimum atomic E-state index is -0.430. The fourth-order valence-corrected chi connectivity index (χ4v) is 4.06. The first-order valence-corrected chi connectivity index (χ1v) is 8.91. The maximum atomic E-state index is 14.0. The van der Waals surface area contributed by atoms with Crippen molar-refractivity contribution in [3.05, 3.63) is 65.5 Å². The van der Waals surface area contributed by atoms with Crippen LogP contribution in [0.15, 0.2) is 42.7 Å². The molecule has 0 spiro atoms. The standard InChI is InChI=1S/C18H18F2N2OS/c19-14-3-4-16(20)15(11-14)17-5-7-22(8-9-24-17)18(23)10-13-2-1-6-21-12-13/h1-4,6,11-12,17H,5,7-10H2/t17-/m0/s1. The van der Waals surface area contributed by atoms with Crippen molar-refractivity contribution in [2.24, 2.45) is 0 Å². The Hall–Kier alpha value is -1.95. The summed E-state index contributed by atoms with van der Waals surface area (Å²) in [5.41, 5.74) is 1.27. The van der Waals surface area contributed by atoms with Crippen LogP contribution in [0.1, 0.15) is 22.8 Å². The molecular weight excluding hydrogens is 330 g/mol. The van der Waals surface area contributed by atoms with Gasteiger partial charge in [0, 0.05) is 42.0 Å². The molecule has 3 rings (SSSR count). The van der Waals surface area contributed by atoms with Gasteiger partial charge in [-0.2, -0.15) is 11.8 Å². The Labute approximate surface area is 144 Å². The Bertz CT molecular complexity index is 711. The molecule has 0 radical (unpaired) electrons. The lowest BCUT2D eigenvalue weighted by molar-refractivity contribution is -0.130. The highest BCUT2D eigenvalue weighted by Gasteiger charge is 2.24. The van der Waals surface area contributed by atoms with E-state index in [2.05, 4.69) is 4.98 Å². The van der Waals surface area contributed by atoms with Crippen molar-refractivity contribution in [2.45, 2.75) is 18.1 Å². The van der Waals surface area contributed by atoms with Gasteiger partial charge < -0.3 is 4.90 Å². The van der Waals surface area contributed by atoms with Gasteiger partial charge in [0.15, 0.2) is 0 Å². The number of rotatable bonds is 3. The average molecular weight is 348 g/mol. The van der Waals surface area contributed by atoms with Crippen molar-refractivity contribution < 1.29 is 13.6 Å². The highest BCUT2D eigenvalue weighted by atomic mass is 32.2. The Morgan fingerprint density at radius 3 is 2.96 bits per heavy atom. The van der Waals surface area contributed by atoms with Crippen molar-refractivity contribution in [1.82, 2.24) is 9.88 Å². The van der Waals surface area contributed by atoms with Crippen LogP contribution in [0, 0.1) is 11.6 Å². The molecule has 1 amide bonds. The second kappa shape index (κ2) is 7.75. The maximum Gasteiger partial charge on any atom is 0.227 e. The zero-order valence-corrected chi connectivity index (χ0v) is 13.9. The summed E-state index contributed by atoms with van der Waals surface area (Å²) < 4.78 is 27.4. The molecule has 1 aliphatic heterocycles. The van der Waals surface area contributed by atoms with E-state index in [0.29, 0.717) is 37.2 Å². The number of carbonyl (C=O) groups is 1. The highest BCUT2D eigenvalue weighted by molar-refractivity contribution is 7.99. The fourth-order valence-electron chi connectivity index (χ4n) is 2.82. The van der Waals surface area contributed by atoms with Crippen molar-refractivity contribution >= 4 is 17.7 Å². The lowest BCUT2D eigenvalue weighted by Crippen LogP contribution is -2.34. The summed E-state index contributed by atoms with van der Waals surface area (Å²) >= 11 is 1.57. The number of carbonyl (C=O) groups excluding carboxylic acids is 1. The zero-order valence-electron chi connectivity index (χ0n) is 13.1. The molecule has 0 N–H and O–H groups in total. The molecule has 0 saturated carbocycles. The third kappa shape index (κ3) is 4.12. The van der Waals surface area contributed by atoms with Gasteiger partial charge >= 0.3 is 0 Å². The molecule has 1 atom stereocenters. The summed E-state index contributed by atoms with van der Waals surface area (Å²) in [6.45, 7) is 1.17. The van der Waals surface area contributed by atoms with Crippen LogP contribution in [0.25, 0.3) is 0 Å². The molecule has 2 heterocycles. The summed E-state index contributed by atoms with van der Waals surface area (Å²) in [6, 6.07) is 7.25. The fraction of sp³-hybridized carbons (Fsp3) is 0.333. The zero-order chi connectivity index (χ0) is 16.9. The number of aromatic nitrogens is 1. The molecule has 1 aromatic carbocycles. The van der Waals surface area contributed by atoms with Gasteiger partial charge in [0.1, 0.15) is 11.6 Å². The molecule has 1 aromatic heterocycles. The van der Waals surface area contributed by atoms with E-state index in [1.54, 1.807) is 29.1 Å². The van der Waals surface area contributed by atoms with Crippen LogP contribution in [0.4, 0.5) is 8.78 Å². The van der Waals surface area contributed by atoms with Gasteiger partial charge in [-0.1, -0.05) is 6.07 Å². The first-order valence-electron chi connectivity index (χ1n) is 7.87. The van der Waals surface area contributed by atoms with E-state index in [-0.39, 0.29) is 17.0 Å². The van der Waals surface area contributed by atoms with Gasteiger partial charge in [-0.25, -0.2) is 8.78 Å². The molecule has 0 bridgehead atoms. The summed E-state index contributed by atoms with van der Waals surface area (Å²) in [4.78, 5) is 18.3. The summed E-state index contributed by atoms with van der Waals surface area (Å²) in [5, 5.41) is -0.128. The monoisotopic (exact) mass is 348 g/mol. The second-order valence-corrected chi connectivity index (χ2v) is 7.04. The molecule has 0 unspecified atom stereocenters. The molecule has 126 valence electrons. The van der Waals surface area contributed by atoms with Crippen LogP contribution >= 0.6 is 11.8 Å². The average Bonchev–Trinajstić information content (AvgIpc) is 2.84. The maximum absolute atomic E-state index is 14.0. The van der Waals surface area contributed by atoms with E-state index >= 15 is 0 Å². The number of pyridine rings is 1. The summed E-state index contributed by atoms with van der Waals surface area (Å²) in [7, 11) is 0. The molecule has 1 saturated heterocycles. The Morgan fingerprint density at radius 1 is 1.29 bits per heavy atom. The Kier molecular flexibility index (Phi) is 5.45. The van der Waals surface area contributed by atoms with Gasteiger partial charge in [0.2, 0.25) is 5.91 Å². The molecule has 2 aromatic rings. The lowest BCUT2D eigenvalue weighted by Gasteiger charge is -2.20. The van der Waals surface area contributed by atoms with E-state index in [4.69, 9.17) is 0 Å². The predicted octanol–water partition coefficient (Wildman–Crippen LogP) is 3.61. The SMILES string of the molecule is O=C(Cc1cccnc1)N1CCS[C@H](c2cc(F)ccc2F)CC1. The van der Waals surface area contributed by atoms with Crippen LogP contribution in [0.2, 0.25) is 0 Å². The van der Waals surface area contributed by atoms with Gasteiger partial charge in [-0.15, -0.1) is 0 Å². The predicted molar refractivity (Wildman–Crippen MR) is 90.7 cm³/mol. The van der Waals surface area contributed by atoms with Gasteiger partial charge in [0.25, 0.3) is 0 Å². The third-order valence-electron chi connectivity index (χ3n) is 4.08. The van der Waals surface area contributed by atoms with E-state index in [9.17, 15) is 13.6 Å². The summed E-state index contributed by atoms with van der Waals surface area (Å²) in [6.07, 6.45) is 4.30. The number of hydrogen-bond donors (Lipinski definition) is 0. The topological polar surface area (TPSA) is 33.2 Å². The second-order valence-electron chi connectivity index (χ2n) is 5.73. The Morgan fingerprint density at radius 2 is 2.17 bits per heavy atom. The van der Waals surface area contributed by atoms with E-state index in [1.165, 1.54) is 12.1 Å². The van der Waals surface area contributed by atoms with E-state index in [0.717, 1.165) is 11.6 Å². The van der Waals surface area contributed by atoms with Crippen LogP contribution in [0.5, 0.6) is 0 Å². The van der Waals surface area contributed by atoms with Crippen LogP contribution < -0.4 is 0 Å². The van der Waals surface area contributed by atoms with E-state index in [1.807, 2.05) is 12.1 Å². The number of hydrogen-bond acceptors (Lipinski definition) is 3. The number of benzene rings is 1. The first-order chi connectivity index (χ1) is 11.6. The third-order valence-corrected chi connectivity index (χ3v) is 5.39. The number of thioether (sulfide) groups is 1. The number of nitrogens with zero attached hydrogens (tertiary/aromatic N) is 2. The lowest BCUT2D eigenvalue weighted by atomic mass is 10.1. The quantitative estimate of drug-likeness (QED) is 0.850. The van der Waals surface area contributed by atoms with Crippen molar-refractivity contribution in [3.8, 4) is 0 Å². The van der Waals surface area contributed by atoms with Crippen molar-refractivity contribution in [3.63, 3.8) is 0 Å². The smallest absolute Gasteiger partial charge is 0.227 e. The van der Waals surface area contributed by atoms with Crippen LogP contribution in [-0.4, -0.2) is 34.6 Å². The highest BCUT2D eigenvalue weighted by Crippen LogP contribution is 2.36. The normalized spacial score (nSPS) is 18.2. The van der Waals surface area contributed by atoms with Crippen LogP contribution in [0.3, 0.4) is 0 Å².